The molecule has 60 valence electrons. The van der Waals surface area contributed by atoms with E-state index in [2.05, 4.69) is 17.6 Å². The first-order valence-corrected chi connectivity index (χ1v) is 3.43. The van der Waals surface area contributed by atoms with E-state index in [1.165, 1.54) is 0 Å². The second-order valence-electron chi connectivity index (χ2n) is 1.48. The van der Waals surface area contributed by atoms with Crippen molar-refractivity contribution in [1.29, 1.82) is 0 Å². The minimum Gasteiger partial charge on any atom is -0.468 e. The highest BCUT2D eigenvalue weighted by atomic mass is 32.1. The van der Waals surface area contributed by atoms with Crippen LogP contribution in [0.3, 0.4) is 0 Å². The maximum atomic E-state index is 4.98. The lowest BCUT2D eigenvalue weighted by molar-refractivity contribution is 0.105. The predicted octanol–water partition coefficient (Wildman–Crippen LogP) is -0.212. The van der Waals surface area contributed by atoms with Gasteiger partial charge in [0.05, 0.1) is 6.61 Å². The van der Waals surface area contributed by atoms with Gasteiger partial charge in [0.1, 0.15) is 6.61 Å². The van der Waals surface area contributed by atoms with Crippen molar-refractivity contribution in [2.24, 2.45) is 5.84 Å². The Morgan fingerprint density at radius 1 is 1.60 bits per heavy atom. The monoisotopic (exact) mass is 164 g/mol. The zero-order valence-electron chi connectivity index (χ0n) is 5.92. The number of rotatable bonds is 4. The number of thiocarbonyl (C=S) groups is 1. The van der Waals surface area contributed by atoms with Gasteiger partial charge in [-0.05, 0) is 19.1 Å². The van der Waals surface area contributed by atoms with Crippen LogP contribution in [0.5, 0.6) is 0 Å². The first kappa shape index (κ1) is 9.61. The molecule has 0 fully saturated rings. The Morgan fingerprint density at radius 2 is 2.30 bits per heavy atom. The Balaban J connectivity index is 2.96. The molecule has 0 aliphatic carbocycles. The van der Waals surface area contributed by atoms with Gasteiger partial charge in [-0.2, -0.15) is 0 Å². The van der Waals surface area contributed by atoms with E-state index < -0.39 is 0 Å². The molecule has 0 unspecified atom stereocenters. The average molecular weight is 164 g/mol. The standard InChI is InChI=1S/C5H12N2O2S/c1-2-8-3-4-9-5(10)7-6/h2-4,6H2,1H3,(H,7,10). The molecular weight excluding hydrogens is 152 g/mol. The van der Waals surface area contributed by atoms with Crippen LogP contribution in [0.15, 0.2) is 0 Å². The molecule has 0 saturated heterocycles. The van der Waals surface area contributed by atoms with E-state index >= 15 is 0 Å². The van der Waals surface area contributed by atoms with Crippen molar-refractivity contribution in [3.05, 3.63) is 0 Å². The number of hydrogen-bond acceptors (Lipinski definition) is 4. The number of ether oxygens (including phenoxy) is 2. The fourth-order valence-corrected chi connectivity index (χ4v) is 0.463. The molecule has 0 aromatic carbocycles. The van der Waals surface area contributed by atoms with Crippen LogP contribution in [0.4, 0.5) is 0 Å². The Labute approximate surface area is 65.6 Å². The number of nitrogens with one attached hydrogen (secondary N) is 1. The molecule has 0 rings (SSSR count). The molecule has 0 aromatic heterocycles. The summed E-state index contributed by atoms with van der Waals surface area (Å²) >= 11 is 4.59. The highest BCUT2D eigenvalue weighted by Gasteiger charge is 1.90. The van der Waals surface area contributed by atoms with Crippen LogP contribution in [-0.2, 0) is 9.47 Å². The normalized spacial score (nSPS) is 9.00. The summed E-state index contributed by atoms with van der Waals surface area (Å²) in [5, 5.41) is 0.194. The van der Waals surface area contributed by atoms with Crippen LogP contribution in [0.1, 0.15) is 6.92 Å². The third-order valence-electron chi connectivity index (χ3n) is 0.783. The van der Waals surface area contributed by atoms with Gasteiger partial charge in [-0.15, -0.1) is 0 Å². The minimum absolute atomic E-state index is 0.194. The van der Waals surface area contributed by atoms with Gasteiger partial charge < -0.3 is 9.47 Å². The fraction of sp³-hybridized carbons (Fsp3) is 0.800. The van der Waals surface area contributed by atoms with Gasteiger partial charge in [0, 0.05) is 6.61 Å². The summed E-state index contributed by atoms with van der Waals surface area (Å²) in [6.45, 7) is 3.58. The lowest BCUT2D eigenvalue weighted by Gasteiger charge is -2.04. The molecule has 0 heterocycles. The Hall–Kier alpha value is -0.390. The van der Waals surface area contributed by atoms with Gasteiger partial charge in [0.25, 0.3) is 5.17 Å². The first-order valence-electron chi connectivity index (χ1n) is 3.02. The minimum atomic E-state index is 0.194. The van der Waals surface area contributed by atoms with Crippen molar-refractivity contribution in [3.8, 4) is 0 Å². The zero-order valence-corrected chi connectivity index (χ0v) is 6.74. The van der Waals surface area contributed by atoms with Gasteiger partial charge in [-0.1, -0.05) is 0 Å². The molecule has 4 nitrogen and oxygen atoms in total. The number of hydrazine groups is 1. The van der Waals surface area contributed by atoms with Gasteiger partial charge in [-0.3, -0.25) is 5.43 Å². The lowest BCUT2D eigenvalue weighted by atomic mass is 10.7. The fourth-order valence-electron chi connectivity index (χ4n) is 0.379. The van der Waals surface area contributed by atoms with E-state index in [1.807, 2.05) is 6.92 Å². The van der Waals surface area contributed by atoms with Crippen LogP contribution in [-0.4, -0.2) is 25.0 Å². The summed E-state index contributed by atoms with van der Waals surface area (Å²) in [7, 11) is 0. The van der Waals surface area contributed by atoms with Crippen molar-refractivity contribution in [2.75, 3.05) is 19.8 Å². The van der Waals surface area contributed by atoms with Gasteiger partial charge in [-0.25, -0.2) is 5.84 Å². The van der Waals surface area contributed by atoms with Crippen molar-refractivity contribution in [3.63, 3.8) is 0 Å². The molecule has 0 atom stereocenters. The molecule has 0 aliphatic rings. The van der Waals surface area contributed by atoms with E-state index in [0.29, 0.717) is 19.8 Å². The Morgan fingerprint density at radius 3 is 2.80 bits per heavy atom. The van der Waals surface area contributed by atoms with Crippen LogP contribution >= 0.6 is 12.2 Å². The van der Waals surface area contributed by atoms with Gasteiger partial charge >= 0.3 is 0 Å². The Kier molecular flexibility index (Phi) is 6.46. The third-order valence-corrected chi connectivity index (χ3v) is 1.02. The molecule has 0 spiro atoms. The van der Waals surface area contributed by atoms with E-state index in [1.54, 1.807) is 0 Å². The summed E-state index contributed by atoms with van der Waals surface area (Å²) in [6.07, 6.45) is 0. The van der Waals surface area contributed by atoms with Crippen LogP contribution in [0, 0.1) is 0 Å². The SMILES string of the molecule is CCOCCOC(=S)NN. The highest BCUT2D eigenvalue weighted by molar-refractivity contribution is 7.80. The topological polar surface area (TPSA) is 56.5 Å². The highest BCUT2D eigenvalue weighted by Crippen LogP contribution is 1.78. The summed E-state index contributed by atoms with van der Waals surface area (Å²) < 4.78 is 9.84. The van der Waals surface area contributed by atoms with Crippen molar-refractivity contribution < 1.29 is 9.47 Å². The second-order valence-corrected chi connectivity index (χ2v) is 1.85. The molecule has 0 bridgehead atoms. The van der Waals surface area contributed by atoms with Crippen LogP contribution in [0.2, 0.25) is 0 Å². The quantitative estimate of drug-likeness (QED) is 0.260. The van der Waals surface area contributed by atoms with Crippen molar-refractivity contribution in [2.45, 2.75) is 6.92 Å². The van der Waals surface area contributed by atoms with Crippen molar-refractivity contribution in [1.82, 2.24) is 5.43 Å². The summed E-state index contributed by atoms with van der Waals surface area (Å²) in [6, 6.07) is 0. The zero-order chi connectivity index (χ0) is 7.82. The lowest BCUT2D eigenvalue weighted by Crippen LogP contribution is -2.31. The molecule has 0 aliphatic heterocycles. The average Bonchev–Trinajstić information content (AvgIpc) is 1.98. The molecule has 10 heavy (non-hydrogen) atoms. The van der Waals surface area contributed by atoms with E-state index in [-0.39, 0.29) is 5.17 Å². The van der Waals surface area contributed by atoms with Crippen LogP contribution in [0.25, 0.3) is 0 Å². The Bertz CT molecular complexity index is 99.6. The summed E-state index contributed by atoms with van der Waals surface area (Å²) in [5.41, 5.74) is 2.20. The smallest absolute Gasteiger partial charge is 0.271 e. The molecule has 3 N–H and O–H groups in total. The van der Waals surface area contributed by atoms with E-state index in [9.17, 15) is 0 Å². The predicted molar refractivity (Wildman–Crippen MR) is 42.4 cm³/mol. The van der Waals surface area contributed by atoms with Crippen molar-refractivity contribution >= 4 is 17.4 Å². The first-order chi connectivity index (χ1) is 4.81. The van der Waals surface area contributed by atoms with Gasteiger partial charge in [0.2, 0.25) is 0 Å². The molecule has 0 aromatic rings. The third kappa shape index (κ3) is 5.74. The number of hydrogen-bond donors (Lipinski definition) is 2. The largest absolute Gasteiger partial charge is 0.468 e. The second kappa shape index (κ2) is 6.73. The molecule has 5 heteroatoms. The maximum Gasteiger partial charge on any atom is 0.271 e. The van der Waals surface area contributed by atoms with Crippen LogP contribution < -0.4 is 11.3 Å². The van der Waals surface area contributed by atoms with Gasteiger partial charge in [0.15, 0.2) is 0 Å². The molecular formula is C5H12N2O2S. The molecule has 0 saturated carbocycles. The van der Waals surface area contributed by atoms with E-state index in [0.717, 1.165) is 0 Å². The number of nitrogens with two attached hydrogens (primary N) is 1. The molecule has 0 radical (unpaired) electrons. The maximum absolute atomic E-state index is 4.98. The van der Waals surface area contributed by atoms with E-state index in [4.69, 9.17) is 15.3 Å². The molecule has 0 amide bonds. The summed E-state index contributed by atoms with van der Waals surface area (Å²) in [4.78, 5) is 0. The summed E-state index contributed by atoms with van der Waals surface area (Å²) in [5.74, 6) is 4.93.